The minimum atomic E-state index is -1.02. The van der Waals surface area contributed by atoms with Crippen LogP contribution in [-0.4, -0.2) is 40.4 Å². The molecular weight excluding hydrogens is 320 g/mol. The summed E-state index contributed by atoms with van der Waals surface area (Å²) in [5.74, 6) is -0.0602. The number of rotatable bonds is 5. The molecule has 1 N–H and O–H groups in total. The summed E-state index contributed by atoms with van der Waals surface area (Å²) in [6.45, 7) is 2.79. The lowest BCUT2D eigenvalue weighted by atomic mass is 10.2. The molecule has 2 aromatic rings. The molecule has 2 atom stereocenters. The standard InChI is InChI=1S/C19H22N2O2S/c1-24(23)18-9-7-16(8-10-18)19(22)20-17-11-12-21(14-17)13-15-5-3-2-4-6-15/h2-10,17H,11-14H2,1H3,(H,20,22)/t17-,24-/m1/s1. The van der Waals surface area contributed by atoms with Crippen LogP contribution >= 0.6 is 0 Å². The number of benzene rings is 2. The molecule has 0 aliphatic carbocycles. The Labute approximate surface area is 145 Å². The second kappa shape index (κ2) is 7.73. The van der Waals surface area contributed by atoms with Crippen molar-refractivity contribution >= 4 is 16.7 Å². The number of nitrogens with zero attached hydrogens (tertiary/aromatic N) is 1. The Morgan fingerprint density at radius 2 is 1.88 bits per heavy atom. The van der Waals surface area contributed by atoms with Crippen LogP contribution in [0, 0.1) is 0 Å². The largest absolute Gasteiger partial charge is 0.348 e. The second-order valence-corrected chi connectivity index (χ2v) is 7.54. The van der Waals surface area contributed by atoms with Crippen molar-refractivity contribution in [2.24, 2.45) is 0 Å². The maximum atomic E-state index is 12.3. The molecule has 4 nitrogen and oxygen atoms in total. The summed E-state index contributed by atoms with van der Waals surface area (Å²) in [5, 5.41) is 3.10. The number of likely N-dealkylation sites (tertiary alicyclic amines) is 1. The van der Waals surface area contributed by atoms with Crippen LogP contribution < -0.4 is 5.32 Å². The highest BCUT2D eigenvalue weighted by molar-refractivity contribution is 7.84. The lowest BCUT2D eigenvalue weighted by Crippen LogP contribution is -2.36. The number of carbonyl (C=O) groups is 1. The van der Waals surface area contributed by atoms with Gasteiger partial charge < -0.3 is 5.32 Å². The maximum Gasteiger partial charge on any atom is 0.251 e. The van der Waals surface area contributed by atoms with E-state index in [4.69, 9.17) is 0 Å². The van der Waals surface area contributed by atoms with Gasteiger partial charge in [0.1, 0.15) is 0 Å². The van der Waals surface area contributed by atoms with Gasteiger partial charge in [-0.1, -0.05) is 30.3 Å². The summed E-state index contributed by atoms with van der Waals surface area (Å²) in [6.07, 6.45) is 2.60. The van der Waals surface area contributed by atoms with Crippen molar-refractivity contribution < 1.29 is 9.00 Å². The molecule has 5 heteroatoms. The summed E-state index contributed by atoms with van der Waals surface area (Å²) in [7, 11) is -1.02. The van der Waals surface area contributed by atoms with Crippen LogP contribution in [0.2, 0.25) is 0 Å². The Morgan fingerprint density at radius 3 is 2.54 bits per heavy atom. The lowest BCUT2D eigenvalue weighted by molar-refractivity contribution is 0.0937. The molecule has 1 amide bonds. The molecule has 0 radical (unpaired) electrons. The van der Waals surface area contributed by atoms with Crippen molar-refractivity contribution in [1.82, 2.24) is 10.2 Å². The van der Waals surface area contributed by atoms with Gasteiger partial charge in [0, 0.05) is 53.2 Å². The van der Waals surface area contributed by atoms with E-state index in [9.17, 15) is 9.00 Å². The highest BCUT2D eigenvalue weighted by atomic mass is 32.2. The molecule has 1 saturated heterocycles. The summed E-state index contributed by atoms with van der Waals surface area (Å²) in [6, 6.07) is 17.6. The third kappa shape index (κ3) is 4.30. The van der Waals surface area contributed by atoms with E-state index in [-0.39, 0.29) is 11.9 Å². The van der Waals surface area contributed by atoms with Gasteiger partial charge in [-0.05, 0) is 36.2 Å². The zero-order valence-corrected chi connectivity index (χ0v) is 14.6. The van der Waals surface area contributed by atoms with Gasteiger partial charge in [0.25, 0.3) is 5.91 Å². The highest BCUT2D eigenvalue weighted by Gasteiger charge is 2.24. The van der Waals surface area contributed by atoms with Crippen LogP contribution in [0.15, 0.2) is 59.5 Å². The van der Waals surface area contributed by atoms with E-state index in [2.05, 4.69) is 34.5 Å². The predicted molar refractivity (Wildman–Crippen MR) is 96.4 cm³/mol. The van der Waals surface area contributed by atoms with Gasteiger partial charge in [-0.2, -0.15) is 0 Å². The van der Waals surface area contributed by atoms with Gasteiger partial charge >= 0.3 is 0 Å². The number of amides is 1. The van der Waals surface area contributed by atoms with Crippen molar-refractivity contribution in [2.75, 3.05) is 19.3 Å². The third-order valence-corrected chi connectivity index (χ3v) is 5.24. The van der Waals surface area contributed by atoms with E-state index >= 15 is 0 Å². The minimum absolute atomic E-state index is 0.0602. The minimum Gasteiger partial charge on any atom is -0.348 e. The molecule has 0 bridgehead atoms. The van der Waals surface area contributed by atoms with E-state index in [0.29, 0.717) is 5.56 Å². The number of hydrogen-bond acceptors (Lipinski definition) is 3. The Kier molecular flexibility index (Phi) is 5.43. The molecule has 24 heavy (non-hydrogen) atoms. The molecule has 3 rings (SSSR count). The van der Waals surface area contributed by atoms with Gasteiger partial charge in [-0.25, -0.2) is 0 Å². The quantitative estimate of drug-likeness (QED) is 0.908. The Balaban J connectivity index is 1.53. The molecule has 1 aliphatic rings. The average Bonchev–Trinajstić information content (AvgIpc) is 3.02. The SMILES string of the molecule is C[S@@](=O)c1ccc(C(=O)N[C@@H]2CCN(Cc3ccccc3)C2)cc1. The van der Waals surface area contributed by atoms with Crippen molar-refractivity contribution in [1.29, 1.82) is 0 Å². The lowest BCUT2D eigenvalue weighted by Gasteiger charge is -2.17. The summed E-state index contributed by atoms with van der Waals surface area (Å²) < 4.78 is 11.4. The molecule has 0 spiro atoms. The normalized spacial score (nSPS) is 19.1. The fourth-order valence-electron chi connectivity index (χ4n) is 3.00. The molecular formula is C19H22N2O2S. The summed E-state index contributed by atoms with van der Waals surface area (Å²) in [4.78, 5) is 15.4. The fraction of sp³-hybridized carbons (Fsp3) is 0.316. The van der Waals surface area contributed by atoms with Crippen LogP contribution in [-0.2, 0) is 17.3 Å². The predicted octanol–water partition coefficient (Wildman–Crippen LogP) is 2.43. The van der Waals surface area contributed by atoms with E-state index in [1.165, 1.54) is 5.56 Å². The van der Waals surface area contributed by atoms with Gasteiger partial charge in [0.15, 0.2) is 0 Å². The third-order valence-electron chi connectivity index (χ3n) is 4.31. The molecule has 0 unspecified atom stereocenters. The van der Waals surface area contributed by atoms with Crippen LogP contribution in [0.5, 0.6) is 0 Å². The highest BCUT2D eigenvalue weighted by Crippen LogP contribution is 2.14. The summed E-state index contributed by atoms with van der Waals surface area (Å²) >= 11 is 0. The first-order valence-corrected chi connectivity index (χ1v) is 9.68. The van der Waals surface area contributed by atoms with Crippen LogP contribution in [0.3, 0.4) is 0 Å². The van der Waals surface area contributed by atoms with Crippen LogP contribution in [0.4, 0.5) is 0 Å². The van der Waals surface area contributed by atoms with Gasteiger partial charge in [-0.15, -0.1) is 0 Å². The average molecular weight is 342 g/mol. The zero-order chi connectivity index (χ0) is 16.9. The van der Waals surface area contributed by atoms with Gasteiger partial charge in [-0.3, -0.25) is 13.9 Å². The van der Waals surface area contributed by atoms with Gasteiger partial charge in [0.05, 0.1) is 0 Å². The topological polar surface area (TPSA) is 49.4 Å². The van der Waals surface area contributed by atoms with E-state index in [1.807, 2.05) is 6.07 Å². The Hall–Kier alpha value is -1.98. The van der Waals surface area contributed by atoms with Crippen molar-refractivity contribution in [3.8, 4) is 0 Å². The van der Waals surface area contributed by atoms with Crippen molar-refractivity contribution in [3.63, 3.8) is 0 Å². The fourth-order valence-corrected chi connectivity index (χ4v) is 3.52. The molecule has 1 fully saturated rings. The molecule has 2 aromatic carbocycles. The first-order valence-electron chi connectivity index (χ1n) is 8.12. The molecule has 1 aliphatic heterocycles. The molecule has 0 saturated carbocycles. The molecule has 1 heterocycles. The Bertz CT molecular complexity index is 716. The van der Waals surface area contributed by atoms with Crippen molar-refractivity contribution in [2.45, 2.75) is 23.9 Å². The van der Waals surface area contributed by atoms with E-state index in [0.717, 1.165) is 31.0 Å². The second-order valence-electron chi connectivity index (χ2n) is 6.16. The number of hydrogen-bond donors (Lipinski definition) is 1. The number of nitrogens with one attached hydrogen (secondary N) is 1. The van der Waals surface area contributed by atoms with E-state index < -0.39 is 10.8 Å². The Morgan fingerprint density at radius 1 is 1.17 bits per heavy atom. The van der Waals surface area contributed by atoms with Crippen molar-refractivity contribution in [3.05, 3.63) is 65.7 Å². The van der Waals surface area contributed by atoms with Crippen LogP contribution in [0.1, 0.15) is 22.3 Å². The molecule has 126 valence electrons. The van der Waals surface area contributed by atoms with Crippen LogP contribution in [0.25, 0.3) is 0 Å². The first kappa shape index (κ1) is 16.9. The summed E-state index contributed by atoms with van der Waals surface area (Å²) in [5.41, 5.74) is 1.92. The monoisotopic (exact) mass is 342 g/mol. The maximum absolute atomic E-state index is 12.3. The van der Waals surface area contributed by atoms with E-state index in [1.54, 1.807) is 30.5 Å². The zero-order valence-electron chi connectivity index (χ0n) is 13.8. The number of carbonyl (C=O) groups excluding carboxylic acids is 1. The smallest absolute Gasteiger partial charge is 0.251 e. The van der Waals surface area contributed by atoms with Gasteiger partial charge in [0.2, 0.25) is 0 Å². The first-order chi connectivity index (χ1) is 11.6. The molecule has 0 aromatic heterocycles.